The van der Waals surface area contributed by atoms with Crippen LogP contribution < -0.4 is 10.5 Å². The molecule has 0 bridgehead atoms. The molecule has 0 saturated carbocycles. The first-order chi connectivity index (χ1) is 10.6. The number of carbonyl (C=O) groups is 2. The van der Waals surface area contributed by atoms with Crippen LogP contribution in [0.25, 0.3) is 5.78 Å². The minimum atomic E-state index is -0.336. The third-order valence-corrected chi connectivity index (χ3v) is 4.17. The summed E-state index contributed by atoms with van der Waals surface area (Å²) < 4.78 is 1.13. The quantitative estimate of drug-likeness (QED) is 0.598. The first-order valence-electron chi connectivity index (χ1n) is 7.05. The fraction of sp³-hybridized carbons (Fsp3) is 0.357. The SMILES string of the molecule is Cc1cc(=O)n2[nH]c(N3C(=O)[C@H]4CC=CC[C@@H]4C3=O)nc2n1. The van der Waals surface area contributed by atoms with Crippen LogP contribution in [0.15, 0.2) is 23.0 Å². The molecular weight excluding hydrogens is 286 g/mol. The van der Waals surface area contributed by atoms with Crippen molar-refractivity contribution in [1.29, 1.82) is 0 Å². The normalized spacial score (nSPS) is 24.3. The van der Waals surface area contributed by atoms with Gasteiger partial charge in [-0.15, -0.1) is 0 Å². The van der Waals surface area contributed by atoms with Crippen molar-refractivity contribution >= 4 is 23.5 Å². The molecule has 1 N–H and O–H groups in total. The van der Waals surface area contributed by atoms with Gasteiger partial charge in [0.25, 0.3) is 11.3 Å². The molecule has 8 nitrogen and oxygen atoms in total. The number of H-pyrrole nitrogens is 1. The summed E-state index contributed by atoms with van der Waals surface area (Å²) in [7, 11) is 0. The van der Waals surface area contributed by atoms with E-state index in [9.17, 15) is 14.4 Å². The topological polar surface area (TPSA) is 100 Å². The number of imide groups is 1. The van der Waals surface area contributed by atoms with Crippen LogP contribution in [-0.2, 0) is 9.59 Å². The summed E-state index contributed by atoms with van der Waals surface area (Å²) in [6.45, 7) is 1.68. The molecule has 1 saturated heterocycles. The summed E-state index contributed by atoms with van der Waals surface area (Å²) in [6.07, 6.45) is 4.96. The number of amides is 2. The Hall–Kier alpha value is -2.77. The van der Waals surface area contributed by atoms with E-state index in [-0.39, 0.29) is 40.9 Å². The minimum Gasteiger partial charge on any atom is -0.274 e. The van der Waals surface area contributed by atoms with Gasteiger partial charge in [0.1, 0.15) is 0 Å². The molecule has 2 aromatic rings. The molecular formula is C14H13N5O3. The van der Waals surface area contributed by atoms with Crippen molar-refractivity contribution < 1.29 is 9.59 Å². The van der Waals surface area contributed by atoms with Crippen LogP contribution in [-0.4, -0.2) is 31.4 Å². The molecule has 0 radical (unpaired) electrons. The second kappa shape index (κ2) is 4.36. The molecule has 112 valence electrons. The Morgan fingerprint density at radius 2 is 1.73 bits per heavy atom. The molecule has 2 atom stereocenters. The molecule has 0 unspecified atom stereocenters. The summed E-state index contributed by atoms with van der Waals surface area (Å²) in [5.41, 5.74) is 0.194. The number of carbonyl (C=O) groups excluding carboxylic acids is 2. The summed E-state index contributed by atoms with van der Waals surface area (Å²) >= 11 is 0. The molecule has 2 aromatic heterocycles. The van der Waals surface area contributed by atoms with E-state index in [0.717, 1.165) is 9.42 Å². The second-order valence-corrected chi connectivity index (χ2v) is 5.59. The van der Waals surface area contributed by atoms with Gasteiger partial charge in [-0.1, -0.05) is 12.2 Å². The lowest BCUT2D eigenvalue weighted by Crippen LogP contribution is -2.32. The van der Waals surface area contributed by atoms with Crippen molar-refractivity contribution in [2.24, 2.45) is 11.8 Å². The Balaban J connectivity index is 1.82. The van der Waals surface area contributed by atoms with Crippen molar-refractivity contribution in [3.05, 3.63) is 34.3 Å². The fourth-order valence-corrected chi connectivity index (χ4v) is 3.09. The lowest BCUT2D eigenvalue weighted by molar-refractivity contribution is -0.122. The molecule has 4 rings (SSSR count). The van der Waals surface area contributed by atoms with Crippen LogP contribution in [0.2, 0.25) is 0 Å². The van der Waals surface area contributed by atoms with Crippen molar-refractivity contribution in [3.8, 4) is 0 Å². The zero-order valence-corrected chi connectivity index (χ0v) is 11.8. The second-order valence-electron chi connectivity index (χ2n) is 5.59. The summed E-state index contributed by atoms with van der Waals surface area (Å²) in [4.78, 5) is 46.2. The number of aromatic amines is 1. The molecule has 2 aliphatic rings. The van der Waals surface area contributed by atoms with E-state index in [1.165, 1.54) is 6.07 Å². The summed E-state index contributed by atoms with van der Waals surface area (Å²) in [6, 6.07) is 1.35. The zero-order chi connectivity index (χ0) is 15.4. The number of hydrogen-bond donors (Lipinski definition) is 1. The fourth-order valence-electron chi connectivity index (χ4n) is 3.09. The average molecular weight is 299 g/mol. The summed E-state index contributed by atoms with van der Waals surface area (Å²) in [5.74, 6) is -1.02. The van der Waals surface area contributed by atoms with Gasteiger partial charge in [0.15, 0.2) is 0 Å². The van der Waals surface area contributed by atoms with E-state index < -0.39 is 0 Å². The Morgan fingerprint density at radius 1 is 1.09 bits per heavy atom. The zero-order valence-electron chi connectivity index (χ0n) is 11.8. The Labute approximate surface area is 124 Å². The predicted molar refractivity (Wildman–Crippen MR) is 76.2 cm³/mol. The Morgan fingerprint density at radius 3 is 2.36 bits per heavy atom. The van der Waals surface area contributed by atoms with Gasteiger partial charge in [0.05, 0.1) is 11.8 Å². The largest absolute Gasteiger partial charge is 0.274 e. The van der Waals surface area contributed by atoms with Gasteiger partial charge in [0, 0.05) is 11.8 Å². The highest BCUT2D eigenvalue weighted by atomic mass is 16.2. The van der Waals surface area contributed by atoms with Crippen molar-refractivity contribution in [1.82, 2.24) is 19.6 Å². The molecule has 22 heavy (non-hydrogen) atoms. The number of nitrogens with one attached hydrogen (secondary N) is 1. The van der Waals surface area contributed by atoms with Crippen LogP contribution in [0.1, 0.15) is 18.5 Å². The Bertz CT molecular complexity index is 868. The Kier molecular flexibility index (Phi) is 2.56. The molecule has 1 aliphatic heterocycles. The third-order valence-electron chi connectivity index (χ3n) is 4.17. The maximum atomic E-state index is 12.5. The van der Waals surface area contributed by atoms with Crippen LogP contribution in [0.3, 0.4) is 0 Å². The number of nitrogens with zero attached hydrogens (tertiary/aromatic N) is 4. The van der Waals surface area contributed by atoms with Gasteiger partial charge >= 0.3 is 0 Å². The van der Waals surface area contributed by atoms with Gasteiger partial charge in [-0.05, 0) is 19.8 Å². The van der Waals surface area contributed by atoms with Gasteiger partial charge < -0.3 is 0 Å². The van der Waals surface area contributed by atoms with E-state index >= 15 is 0 Å². The molecule has 3 heterocycles. The van der Waals surface area contributed by atoms with Gasteiger partial charge in [-0.3, -0.25) is 19.5 Å². The van der Waals surface area contributed by atoms with Crippen LogP contribution in [0.4, 0.5) is 5.95 Å². The van der Waals surface area contributed by atoms with Gasteiger partial charge in [0.2, 0.25) is 17.8 Å². The van der Waals surface area contributed by atoms with Gasteiger partial charge in [-0.25, -0.2) is 9.88 Å². The third kappa shape index (κ3) is 1.66. The smallest absolute Gasteiger partial charge is 0.274 e. The highest BCUT2D eigenvalue weighted by molar-refractivity contribution is 6.21. The lowest BCUT2D eigenvalue weighted by Gasteiger charge is -2.14. The van der Waals surface area contributed by atoms with Crippen LogP contribution in [0, 0.1) is 18.8 Å². The highest BCUT2D eigenvalue weighted by Crippen LogP contribution is 2.36. The van der Waals surface area contributed by atoms with E-state index in [2.05, 4.69) is 15.1 Å². The monoisotopic (exact) mass is 299 g/mol. The maximum absolute atomic E-state index is 12.5. The molecule has 2 amide bonds. The standard InChI is InChI=1S/C14H13N5O3/c1-7-6-10(20)19-13(15-7)16-14(17-19)18-11(21)8-4-2-3-5-9(8)12(18)22/h2-3,6,8-9H,4-5H2,1H3,(H,15,16,17)/t8-,9-/m0/s1. The number of hydrogen-bond acceptors (Lipinski definition) is 5. The first-order valence-corrected chi connectivity index (χ1v) is 7.05. The van der Waals surface area contributed by atoms with Crippen LogP contribution in [0.5, 0.6) is 0 Å². The van der Waals surface area contributed by atoms with Crippen molar-refractivity contribution in [2.75, 3.05) is 4.90 Å². The number of fused-ring (bicyclic) bond motifs is 2. The van der Waals surface area contributed by atoms with Gasteiger partial charge in [-0.2, -0.15) is 9.50 Å². The predicted octanol–water partition coefficient (Wildman–Crippen LogP) is 0.182. The summed E-state index contributed by atoms with van der Waals surface area (Å²) in [5, 5.41) is 2.70. The van der Waals surface area contributed by atoms with E-state index in [4.69, 9.17) is 0 Å². The number of aryl methyl sites for hydroxylation is 1. The number of allylic oxidation sites excluding steroid dienone is 2. The maximum Gasteiger partial charge on any atom is 0.274 e. The lowest BCUT2D eigenvalue weighted by atomic mass is 9.85. The molecule has 8 heteroatoms. The first kappa shape index (κ1) is 12.9. The number of anilines is 1. The molecule has 0 aromatic carbocycles. The van der Waals surface area contributed by atoms with E-state index in [1.807, 2.05) is 12.2 Å². The van der Waals surface area contributed by atoms with Crippen molar-refractivity contribution in [2.45, 2.75) is 19.8 Å². The van der Waals surface area contributed by atoms with Crippen LogP contribution >= 0.6 is 0 Å². The van der Waals surface area contributed by atoms with E-state index in [0.29, 0.717) is 18.5 Å². The minimum absolute atomic E-state index is 0.0552. The molecule has 1 fully saturated rings. The number of aromatic nitrogens is 4. The van der Waals surface area contributed by atoms with E-state index in [1.54, 1.807) is 6.92 Å². The molecule has 0 spiro atoms. The van der Waals surface area contributed by atoms with Crippen molar-refractivity contribution in [3.63, 3.8) is 0 Å². The number of rotatable bonds is 1. The highest BCUT2D eigenvalue weighted by Gasteiger charge is 2.49. The average Bonchev–Trinajstić information content (AvgIpc) is 3.00. The molecule has 1 aliphatic carbocycles.